The van der Waals surface area contributed by atoms with E-state index in [4.69, 9.17) is 9.84 Å². The Bertz CT molecular complexity index is 392. The Kier molecular flexibility index (Phi) is 3.98. The Morgan fingerprint density at radius 3 is 2.88 bits per heavy atom. The Labute approximate surface area is 101 Å². The summed E-state index contributed by atoms with van der Waals surface area (Å²) in [7, 11) is 0. The SMILES string of the molecule is O=C1c2ccccc2OCN1CCCCCO. The van der Waals surface area contributed by atoms with Gasteiger partial charge >= 0.3 is 0 Å². The predicted molar refractivity (Wildman–Crippen MR) is 63.9 cm³/mol. The summed E-state index contributed by atoms with van der Waals surface area (Å²) in [6.45, 7) is 1.23. The van der Waals surface area contributed by atoms with Crippen molar-refractivity contribution in [1.29, 1.82) is 0 Å². The minimum atomic E-state index is 0.0378. The van der Waals surface area contributed by atoms with Crippen LogP contribution in [0.25, 0.3) is 0 Å². The first-order valence-electron chi connectivity index (χ1n) is 5.95. The zero-order valence-corrected chi connectivity index (χ0v) is 9.76. The molecule has 4 heteroatoms. The number of hydrogen-bond donors (Lipinski definition) is 1. The fourth-order valence-electron chi connectivity index (χ4n) is 1.90. The van der Waals surface area contributed by atoms with Crippen LogP contribution < -0.4 is 4.74 Å². The Morgan fingerprint density at radius 2 is 2.06 bits per heavy atom. The molecular weight excluding hydrogens is 218 g/mol. The quantitative estimate of drug-likeness (QED) is 0.789. The molecule has 1 heterocycles. The third kappa shape index (κ3) is 2.77. The van der Waals surface area contributed by atoms with Gasteiger partial charge < -0.3 is 14.7 Å². The van der Waals surface area contributed by atoms with Gasteiger partial charge in [-0.05, 0) is 31.4 Å². The van der Waals surface area contributed by atoms with Crippen molar-refractivity contribution in [2.75, 3.05) is 19.9 Å². The van der Waals surface area contributed by atoms with Gasteiger partial charge in [-0.2, -0.15) is 0 Å². The van der Waals surface area contributed by atoms with E-state index in [1.165, 1.54) is 0 Å². The first-order valence-corrected chi connectivity index (χ1v) is 5.95. The molecule has 1 aliphatic rings. The van der Waals surface area contributed by atoms with Crippen LogP contribution in [0, 0.1) is 0 Å². The molecule has 1 aromatic rings. The number of nitrogens with zero attached hydrogens (tertiary/aromatic N) is 1. The summed E-state index contributed by atoms with van der Waals surface area (Å²) in [6, 6.07) is 7.31. The van der Waals surface area contributed by atoms with Gasteiger partial charge in [-0.25, -0.2) is 0 Å². The van der Waals surface area contributed by atoms with Gasteiger partial charge in [0.1, 0.15) is 5.75 Å². The van der Waals surface area contributed by atoms with Crippen molar-refractivity contribution < 1.29 is 14.6 Å². The number of para-hydroxylation sites is 1. The van der Waals surface area contributed by atoms with Crippen LogP contribution in [0.2, 0.25) is 0 Å². The molecule has 0 aromatic heterocycles. The second-order valence-corrected chi connectivity index (χ2v) is 4.12. The summed E-state index contributed by atoms with van der Waals surface area (Å²) in [6.07, 6.45) is 2.62. The van der Waals surface area contributed by atoms with Crippen LogP contribution in [0.4, 0.5) is 0 Å². The van der Waals surface area contributed by atoms with Crippen molar-refractivity contribution in [1.82, 2.24) is 4.90 Å². The zero-order chi connectivity index (χ0) is 12.1. The third-order valence-corrected chi connectivity index (χ3v) is 2.87. The van der Waals surface area contributed by atoms with Crippen molar-refractivity contribution in [2.45, 2.75) is 19.3 Å². The van der Waals surface area contributed by atoms with Gasteiger partial charge in [0.2, 0.25) is 0 Å². The Hall–Kier alpha value is -1.55. The monoisotopic (exact) mass is 235 g/mol. The van der Waals surface area contributed by atoms with E-state index in [0.717, 1.165) is 19.3 Å². The summed E-state index contributed by atoms with van der Waals surface area (Å²) in [4.78, 5) is 13.8. The number of carbonyl (C=O) groups excluding carboxylic acids is 1. The molecule has 0 aliphatic carbocycles. The molecule has 1 aliphatic heterocycles. The smallest absolute Gasteiger partial charge is 0.260 e. The second-order valence-electron chi connectivity index (χ2n) is 4.12. The molecule has 1 amide bonds. The van der Waals surface area contributed by atoms with Crippen molar-refractivity contribution >= 4 is 5.91 Å². The lowest BCUT2D eigenvalue weighted by atomic mass is 10.1. The maximum Gasteiger partial charge on any atom is 0.260 e. The van der Waals surface area contributed by atoms with E-state index in [9.17, 15) is 4.79 Å². The summed E-state index contributed by atoms with van der Waals surface area (Å²) in [5.74, 6) is 0.708. The summed E-state index contributed by atoms with van der Waals surface area (Å²) in [5.41, 5.74) is 0.640. The van der Waals surface area contributed by atoms with E-state index in [0.29, 0.717) is 24.6 Å². The molecule has 0 spiro atoms. The highest BCUT2D eigenvalue weighted by Crippen LogP contribution is 2.24. The number of amides is 1. The first kappa shape index (κ1) is 11.9. The van der Waals surface area contributed by atoms with Crippen LogP contribution in [-0.4, -0.2) is 35.8 Å². The average Bonchev–Trinajstić information content (AvgIpc) is 2.37. The number of ether oxygens (including phenoxy) is 1. The number of carbonyl (C=O) groups is 1. The molecule has 1 aromatic carbocycles. The summed E-state index contributed by atoms with van der Waals surface area (Å²) in [5, 5.41) is 8.68. The molecule has 0 unspecified atom stereocenters. The lowest BCUT2D eigenvalue weighted by Crippen LogP contribution is -2.39. The van der Waals surface area contributed by atoms with E-state index in [1.807, 2.05) is 18.2 Å². The summed E-state index contributed by atoms with van der Waals surface area (Å²) < 4.78 is 5.52. The third-order valence-electron chi connectivity index (χ3n) is 2.87. The standard InChI is InChI=1S/C13H17NO3/c15-9-5-1-4-8-14-10-17-12-7-3-2-6-11(12)13(14)16/h2-3,6-7,15H,1,4-5,8-10H2. The fourth-order valence-corrected chi connectivity index (χ4v) is 1.90. The minimum absolute atomic E-state index is 0.0378. The molecule has 0 bridgehead atoms. The van der Waals surface area contributed by atoms with E-state index >= 15 is 0 Å². The highest BCUT2D eigenvalue weighted by molar-refractivity contribution is 5.97. The van der Waals surface area contributed by atoms with Gasteiger partial charge in [-0.3, -0.25) is 4.79 Å². The van der Waals surface area contributed by atoms with Gasteiger partial charge in [0.05, 0.1) is 5.56 Å². The highest BCUT2D eigenvalue weighted by Gasteiger charge is 2.24. The van der Waals surface area contributed by atoms with Crippen molar-refractivity contribution in [3.8, 4) is 5.75 Å². The van der Waals surface area contributed by atoms with Crippen LogP contribution >= 0.6 is 0 Å². The molecular formula is C13H17NO3. The normalized spacial score (nSPS) is 14.4. The number of aliphatic hydroxyl groups excluding tert-OH is 1. The average molecular weight is 235 g/mol. The Morgan fingerprint density at radius 1 is 1.24 bits per heavy atom. The largest absolute Gasteiger partial charge is 0.472 e. The molecule has 92 valence electrons. The van der Waals surface area contributed by atoms with Gasteiger partial charge in [0.25, 0.3) is 5.91 Å². The molecule has 0 fully saturated rings. The topological polar surface area (TPSA) is 49.8 Å². The molecule has 0 radical (unpaired) electrons. The van der Waals surface area contributed by atoms with Crippen LogP contribution in [0.1, 0.15) is 29.6 Å². The number of rotatable bonds is 5. The molecule has 4 nitrogen and oxygen atoms in total. The summed E-state index contributed by atoms with van der Waals surface area (Å²) >= 11 is 0. The first-order chi connectivity index (χ1) is 8.33. The zero-order valence-electron chi connectivity index (χ0n) is 9.76. The molecule has 1 N–H and O–H groups in total. The lowest BCUT2D eigenvalue weighted by Gasteiger charge is -2.28. The minimum Gasteiger partial charge on any atom is -0.472 e. The van der Waals surface area contributed by atoms with E-state index in [1.54, 1.807) is 11.0 Å². The van der Waals surface area contributed by atoms with Gasteiger partial charge in [0, 0.05) is 13.2 Å². The van der Waals surface area contributed by atoms with E-state index < -0.39 is 0 Å². The predicted octanol–water partition coefficient (Wildman–Crippen LogP) is 1.64. The van der Waals surface area contributed by atoms with Crippen molar-refractivity contribution in [3.05, 3.63) is 29.8 Å². The highest BCUT2D eigenvalue weighted by atomic mass is 16.5. The number of aliphatic hydroxyl groups is 1. The molecule has 0 saturated carbocycles. The molecule has 0 atom stereocenters. The maximum absolute atomic E-state index is 12.1. The number of unbranched alkanes of at least 4 members (excludes halogenated alkanes) is 2. The van der Waals surface area contributed by atoms with Crippen LogP contribution in [0.15, 0.2) is 24.3 Å². The molecule has 2 rings (SSSR count). The second kappa shape index (κ2) is 5.68. The Balaban J connectivity index is 1.93. The van der Waals surface area contributed by atoms with E-state index in [-0.39, 0.29) is 12.5 Å². The number of hydrogen-bond acceptors (Lipinski definition) is 3. The van der Waals surface area contributed by atoms with Crippen LogP contribution in [-0.2, 0) is 0 Å². The molecule has 17 heavy (non-hydrogen) atoms. The van der Waals surface area contributed by atoms with Crippen molar-refractivity contribution in [3.63, 3.8) is 0 Å². The fraction of sp³-hybridized carbons (Fsp3) is 0.462. The van der Waals surface area contributed by atoms with Crippen molar-refractivity contribution in [2.24, 2.45) is 0 Å². The van der Waals surface area contributed by atoms with Crippen LogP contribution in [0.5, 0.6) is 5.75 Å². The van der Waals surface area contributed by atoms with Gasteiger partial charge in [-0.1, -0.05) is 12.1 Å². The lowest BCUT2D eigenvalue weighted by molar-refractivity contribution is 0.0516. The van der Waals surface area contributed by atoms with Gasteiger partial charge in [0.15, 0.2) is 6.73 Å². The van der Waals surface area contributed by atoms with Crippen LogP contribution in [0.3, 0.4) is 0 Å². The maximum atomic E-state index is 12.1. The van der Waals surface area contributed by atoms with E-state index in [2.05, 4.69) is 0 Å². The number of benzene rings is 1. The number of fused-ring (bicyclic) bond motifs is 1. The van der Waals surface area contributed by atoms with Gasteiger partial charge in [-0.15, -0.1) is 0 Å². The molecule has 0 saturated heterocycles.